The number of H-pyrrole nitrogens is 1. The topological polar surface area (TPSA) is 130 Å². The minimum absolute atomic E-state index is 0.00759. The number of hydrogen-bond acceptors (Lipinski definition) is 8. The molecule has 1 aliphatic rings. The summed E-state index contributed by atoms with van der Waals surface area (Å²) in [7, 11) is 1.34. The van der Waals surface area contributed by atoms with Crippen LogP contribution < -0.4 is 16.6 Å². The lowest BCUT2D eigenvalue weighted by atomic mass is 10.1. The lowest BCUT2D eigenvalue weighted by molar-refractivity contribution is 0.0600. The van der Waals surface area contributed by atoms with Crippen LogP contribution in [0.25, 0.3) is 0 Å². The fraction of sp³-hybridized carbons (Fsp3) is 0.312. The number of ether oxygens (including phenoxy) is 1. The highest BCUT2D eigenvalue weighted by Gasteiger charge is 2.30. The quantitative estimate of drug-likeness (QED) is 0.592. The predicted octanol–water partition coefficient (Wildman–Crippen LogP) is 0.976. The van der Waals surface area contributed by atoms with E-state index in [4.69, 9.17) is 5.73 Å². The molecule has 0 aliphatic carbocycles. The maximum Gasteiger partial charge on any atom is 0.337 e. The van der Waals surface area contributed by atoms with Gasteiger partial charge in [0.25, 0.3) is 5.56 Å². The van der Waals surface area contributed by atoms with Crippen LogP contribution >= 0.6 is 11.8 Å². The van der Waals surface area contributed by atoms with Gasteiger partial charge in [-0.3, -0.25) is 9.78 Å². The molecule has 25 heavy (non-hydrogen) atoms. The van der Waals surface area contributed by atoms with Crippen molar-refractivity contribution in [2.24, 2.45) is 0 Å². The Kier molecular flexibility index (Phi) is 4.95. The fourth-order valence-electron chi connectivity index (χ4n) is 2.59. The first-order valence-corrected chi connectivity index (χ1v) is 8.54. The Morgan fingerprint density at radius 1 is 1.40 bits per heavy atom. The van der Waals surface area contributed by atoms with Crippen LogP contribution in [0.5, 0.6) is 0 Å². The summed E-state index contributed by atoms with van der Waals surface area (Å²) in [6.07, 6.45) is 0.494. The number of aliphatic hydroxyl groups is 1. The lowest BCUT2D eigenvalue weighted by Gasteiger charge is -2.29. The van der Waals surface area contributed by atoms with E-state index in [-0.39, 0.29) is 22.7 Å². The van der Waals surface area contributed by atoms with Crippen molar-refractivity contribution in [3.63, 3.8) is 0 Å². The first-order valence-electron chi connectivity index (χ1n) is 7.66. The van der Waals surface area contributed by atoms with Crippen LogP contribution in [0.4, 0.5) is 11.8 Å². The van der Waals surface area contributed by atoms with Crippen LogP contribution in [0.2, 0.25) is 0 Å². The Hall–Kier alpha value is -2.52. The summed E-state index contributed by atoms with van der Waals surface area (Å²) in [6.45, 7) is 0. The Bertz CT molecular complexity index is 837. The number of aryl methyl sites for hydroxylation is 1. The molecule has 0 fully saturated rings. The maximum atomic E-state index is 12.0. The summed E-state index contributed by atoms with van der Waals surface area (Å²) >= 11 is 1.28. The molecule has 132 valence electrons. The predicted molar refractivity (Wildman–Crippen MR) is 94.6 cm³/mol. The molecule has 0 saturated carbocycles. The van der Waals surface area contributed by atoms with Gasteiger partial charge >= 0.3 is 5.97 Å². The van der Waals surface area contributed by atoms with Crippen molar-refractivity contribution >= 4 is 29.5 Å². The summed E-state index contributed by atoms with van der Waals surface area (Å²) in [5, 5.41) is 12.9. The molecular formula is C16H18N4O4S. The monoisotopic (exact) mass is 362 g/mol. The Balaban J connectivity index is 1.67. The van der Waals surface area contributed by atoms with Crippen LogP contribution in [0, 0.1) is 0 Å². The SMILES string of the molecule is COC(=O)c1ccc(CCC2Sc3c(nc(N)[nH]c3=O)NC2O)cc1. The molecule has 1 aromatic carbocycles. The van der Waals surface area contributed by atoms with Crippen molar-refractivity contribution in [2.75, 3.05) is 18.2 Å². The molecule has 2 atom stereocenters. The molecule has 5 N–H and O–H groups in total. The molecule has 2 aromatic rings. The van der Waals surface area contributed by atoms with E-state index in [2.05, 4.69) is 20.0 Å². The maximum absolute atomic E-state index is 12.0. The lowest BCUT2D eigenvalue weighted by Crippen LogP contribution is -2.37. The number of aliphatic hydroxyl groups excluding tert-OH is 1. The summed E-state index contributed by atoms with van der Waals surface area (Å²) in [4.78, 5) is 30.3. The Labute approximate surface area is 147 Å². The van der Waals surface area contributed by atoms with Crippen molar-refractivity contribution in [3.05, 3.63) is 45.7 Å². The van der Waals surface area contributed by atoms with Crippen LogP contribution in [-0.2, 0) is 11.2 Å². The molecule has 8 nitrogen and oxygen atoms in total. The molecule has 2 unspecified atom stereocenters. The van der Waals surface area contributed by atoms with Crippen LogP contribution in [0.3, 0.4) is 0 Å². The summed E-state index contributed by atoms with van der Waals surface area (Å²) < 4.78 is 4.67. The number of hydrogen-bond donors (Lipinski definition) is 4. The second-order valence-corrected chi connectivity index (χ2v) is 6.85. The van der Waals surface area contributed by atoms with E-state index in [1.54, 1.807) is 12.1 Å². The first kappa shape index (κ1) is 17.3. The Morgan fingerprint density at radius 3 is 2.80 bits per heavy atom. The molecule has 0 spiro atoms. The minimum Gasteiger partial charge on any atom is -0.465 e. The number of nitrogens with one attached hydrogen (secondary N) is 2. The van der Waals surface area contributed by atoms with E-state index in [0.29, 0.717) is 29.1 Å². The number of nitrogens with two attached hydrogens (primary N) is 1. The summed E-state index contributed by atoms with van der Waals surface area (Å²) in [5.41, 5.74) is 6.70. The van der Waals surface area contributed by atoms with Crippen molar-refractivity contribution in [3.8, 4) is 0 Å². The number of esters is 1. The van der Waals surface area contributed by atoms with E-state index in [1.165, 1.54) is 18.9 Å². The zero-order valence-electron chi connectivity index (χ0n) is 13.5. The van der Waals surface area contributed by atoms with Crippen LogP contribution in [0.1, 0.15) is 22.3 Å². The van der Waals surface area contributed by atoms with Gasteiger partial charge in [0.2, 0.25) is 5.95 Å². The highest BCUT2D eigenvalue weighted by Crippen LogP contribution is 2.35. The van der Waals surface area contributed by atoms with Gasteiger partial charge in [0.05, 0.1) is 17.9 Å². The second kappa shape index (κ2) is 7.16. The number of rotatable bonds is 4. The number of methoxy groups -OCH3 is 1. The zero-order chi connectivity index (χ0) is 18.0. The van der Waals surface area contributed by atoms with Crippen molar-refractivity contribution in [1.29, 1.82) is 0 Å². The Morgan fingerprint density at radius 2 is 2.12 bits per heavy atom. The molecule has 2 heterocycles. The normalized spacial score (nSPS) is 19.0. The second-order valence-electron chi connectivity index (χ2n) is 5.60. The molecule has 0 bridgehead atoms. The van der Waals surface area contributed by atoms with E-state index >= 15 is 0 Å². The van der Waals surface area contributed by atoms with Crippen molar-refractivity contribution in [1.82, 2.24) is 9.97 Å². The van der Waals surface area contributed by atoms with Gasteiger partial charge in [-0.2, -0.15) is 4.98 Å². The molecule has 1 aromatic heterocycles. The number of carbonyl (C=O) groups is 1. The van der Waals surface area contributed by atoms with Crippen LogP contribution in [-0.4, -0.2) is 39.6 Å². The van der Waals surface area contributed by atoms with Gasteiger partial charge < -0.3 is 20.9 Å². The number of nitrogen functional groups attached to an aromatic ring is 1. The van der Waals surface area contributed by atoms with E-state index < -0.39 is 6.23 Å². The number of anilines is 2. The standard InChI is InChI=1S/C16H18N4O4S/c1-24-15(23)9-5-2-8(3-6-9)4-7-10-13(21)18-12-11(25-10)14(22)20-16(17)19-12/h2-3,5-6,10,13,21H,4,7H2,1H3,(H4,17,18,19,20,22). The van der Waals surface area contributed by atoms with E-state index in [9.17, 15) is 14.7 Å². The molecule has 3 rings (SSSR count). The fourth-order valence-corrected chi connectivity index (χ4v) is 3.70. The summed E-state index contributed by atoms with van der Waals surface area (Å²) in [5.74, 6) is -0.0674. The van der Waals surface area contributed by atoms with Gasteiger partial charge in [-0.1, -0.05) is 12.1 Å². The molecule has 1 aliphatic heterocycles. The smallest absolute Gasteiger partial charge is 0.337 e. The average molecular weight is 362 g/mol. The summed E-state index contributed by atoms with van der Waals surface area (Å²) in [6, 6.07) is 7.11. The largest absolute Gasteiger partial charge is 0.465 e. The van der Waals surface area contributed by atoms with E-state index in [1.807, 2.05) is 12.1 Å². The third kappa shape index (κ3) is 3.77. The number of aromatic nitrogens is 2. The highest BCUT2D eigenvalue weighted by atomic mass is 32.2. The number of nitrogens with zero attached hydrogens (tertiary/aromatic N) is 1. The van der Waals surface area contributed by atoms with Gasteiger partial charge in [-0.05, 0) is 30.5 Å². The molecule has 0 radical (unpaired) electrons. The van der Waals surface area contributed by atoms with E-state index in [0.717, 1.165) is 5.56 Å². The first-order chi connectivity index (χ1) is 12.0. The number of aromatic amines is 1. The number of thioether (sulfide) groups is 1. The number of benzene rings is 1. The van der Waals surface area contributed by atoms with Gasteiger partial charge in [0.1, 0.15) is 11.1 Å². The highest BCUT2D eigenvalue weighted by molar-refractivity contribution is 8.00. The third-order valence-corrected chi connectivity index (χ3v) is 5.30. The van der Waals surface area contributed by atoms with Gasteiger partial charge in [-0.15, -0.1) is 11.8 Å². The molecular weight excluding hydrogens is 344 g/mol. The van der Waals surface area contributed by atoms with Crippen molar-refractivity contribution in [2.45, 2.75) is 29.2 Å². The average Bonchev–Trinajstić information content (AvgIpc) is 2.60. The zero-order valence-corrected chi connectivity index (χ0v) is 14.3. The molecule has 9 heteroatoms. The third-order valence-electron chi connectivity index (χ3n) is 3.89. The minimum atomic E-state index is -0.833. The van der Waals surface area contributed by atoms with Gasteiger partial charge in [-0.25, -0.2) is 4.79 Å². The molecule has 0 amide bonds. The van der Waals surface area contributed by atoms with Crippen molar-refractivity contribution < 1.29 is 14.6 Å². The van der Waals surface area contributed by atoms with Gasteiger partial charge in [0, 0.05) is 0 Å². The number of fused-ring (bicyclic) bond motifs is 1. The molecule has 0 saturated heterocycles. The number of carbonyl (C=O) groups excluding carboxylic acids is 1. The van der Waals surface area contributed by atoms with Gasteiger partial charge in [0.15, 0.2) is 5.82 Å². The van der Waals surface area contributed by atoms with Crippen LogP contribution in [0.15, 0.2) is 34.0 Å².